The second kappa shape index (κ2) is 5.95. The molecule has 5 nitrogen and oxygen atoms in total. The Balaban J connectivity index is 2.87. The average Bonchev–Trinajstić information content (AvgIpc) is 2.25. The molecule has 1 aromatic carbocycles. The van der Waals surface area contributed by atoms with Crippen LogP contribution in [0.1, 0.15) is 17.3 Å². The van der Waals surface area contributed by atoms with Gasteiger partial charge in [0.25, 0.3) is 0 Å². The van der Waals surface area contributed by atoms with E-state index in [4.69, 9.17) is 9.84 Å². The van der Waals surface area contributed by atoms with Crippen LogP contribution in [0.15, 0.2) is 18.2 Å². The second-order valence-electron chi connectivity index (χ2n) is 3.15. The zero-order chi connectivity index (χ0) is 12.8. The van der Waals surface area contributed by atoms with Gasteiger partial charge in [-0.15, -0.1) is 0 Å². The number of carboxylic acid groups (broad SMARTS) is 1. The first-order valence-electron chi connectivity index (χ1n) is 4.95. The Labute approximate surface area is 97.2 Å². The summed E-state index contributed by atoms with van der Waals surface area (Å²) in [5.74, 6) is -2.86. The Hall–Kier alpha value is -1.95. The van der Waals surface area contributed by atoms with Crippen LogP contribution < -0.4 is 5.32 Å². The Morgan fingerprint density at radius 3 is 2.76 bits per heavy atom. The number of carbonyl (C=O) groups is 2. The minimum absolute atomic E-state index is 0.0813. The first kappa shape index (κ1) is 13.1. The molecule has 0 radical (unpaired) electrons. The van der Waals surface area contributed by atoms with Crippen LogP contribution in [0, 0.1) is 5.82 Å². The molecular formula is C11H12FNO4. The topological polar surface area (TPSA) is 75.6 Å². The van der Waals surface area contributed by atoms with E-state index in [9.17, 15) is 14.0 Å². The molecule has 0 aliphatic rings. The van der Waals surface area contributed by atoms with Gasteiger partial charge < -0.3 is 15.2 Å². The summed E-state index contributed by atoms with van der Waals surface area (Å²) < 4.78 is 18.1. The fourth-order valence-corrected chi connectivity index (χ4v) is 1.23. The number of halogens is 1. The number of hydrogen-bond donors (Lipinski definition) is 2. The number of anilines is 1. The quantitative estimate of drug-likeness (QED) is 0.819. The van der Waals surface area contributed by atoms with Crippen LogP contribution in [0.2, 0.25) is 0 Å². The summed E-state index contributed by atoms with van der Waals surface area (Å²) in [5.41, 5.74) is -0.639. The summed E-state index contributed by atoms with van der Waals surface area (Å²) in [6.07, 6.45) is 0. The van der Waals surface area contributed by atoms with E-state index < -0.39 is 23.3 Å². The molecule has 0 aliphatic heterocycles. The fraction of sp³-hybridized carbons (Fsp3) is 0.273. The highest BCUT2D eigenvalue weighted by molar-refractivity contribution is 6.01. The van der Waals surface area contributed by atoms with Gasteiger partial charge in [0.15, 0.2) is 0 Å². The molecule has 2 N–H and O–H groups in total. The van der Waals surface area contributed by atoms with Crippen molar-refractivity contribution < 1.29 is 23.8 Å². The van der Waals surface area contributed by atoms with Crippen molar-refractivity contribution in [3.05, 3.63) is 29.6 Å². The maximum atomic E-state index is 13.2. The van der Waals surface area contributed by atoms with Crippen LogP contribution in [0.3, 0.4) is 0 Å². The van der Waals surface area contributed by atoms with Crippen molar-refractivity contribution in [1.29, 1.82) is 0 Å². The number of nitrogens with one attached hydrogen (secondary N) is 1. The maximum absolute atomic E-state index is 13.2. The summed E-state index contributed by atoms with van der Waals surface area (Å²) in [4.78, 5) is 22.1. The number of carbonyl (C=O) groups excluding carboxylic acids is 1. The van der Waals surface area contributed by atoms with Crippen LogP contribution in [0.4, 0.5) is 10.1 Å². The molecule has 0 atom stereocenters. The molecule has 0 aromatic heterocycles. The SMILES string of the molecule is CCOCC(=O)Nc1cccc(F)c1C(=O)O. The van der Waals surface area contributed by atoms with E-state index in [1.54, 1.807) is 6.92 Å². The number of hydrogen-bond acceptors (Lipinski definition) is 3. The third kappa shape index (κ3) is 3.53. The Morgan fingerprint density at radius 1 is 1.47 bits per heavy atom. The lowest BCUT2D eigenvalue weighted by molar-refractivity contribution is -0.120. The van der Waals surface area contributed by atoms with E-state index in [1.807, 2.05) is 0 Å². The van der Waals surface area contributed by atoms with Gasteiger partial charge in [0, 0.05) is 6.61 Å². The number of ether oxygens (including phenoxy) is 1. The molecule has 0 saturated carbocycles. The minimum atomic E-state index is -1.44. The highest BCUT2D eigenvalue weighted by Crippen LogP contribution is 2.18. The van der Waals surface area contributed by atoms with Crippen molar-refractivity contribution in [3.63, 3.8) is 0 Å². The Morgan fingerprint density at radius 2 is 2.18 bits per heavy atom. The van der Waals surface area contributed by atoms with E-state index in [0.717, 1.165) is 6.07 Å². The lowest BCUT2D eigenvalue weighted by Crippen LogP contribution is -2.20. The number of amides is 1. The third-order valence-electron chi connectivity index (χ3n) is 1.94. The molecule has 6 heteroatoms. The molecule has 0 heterocycles. The van der Waals surface area contributed by atoms with Crippen molar-refractivity contribution in [2.45, 2.75) is 6.92 Å². The van der Waals surface area contributed by atoms with Crippen molar-refractivity contribution in [3.8, 4) is 0 Å². The van der Waals surface area contributed by atoms with E-state index in [1.165, 1.54) is 12.1 Å². The number of benzene rings is 1. The van der Waals surface area contributed by atoms with Crippen LogP contribution >= 0.6 is 0 Å². The van der Waals surface area contributed by atoms with Crippen LogP contribution in [-0.4, -0.2) is 30.2 Å². The molecule has 0 aliphatic carbocycles. The van der Waals surface area contributed by atoms with Gasteiger partial charge in [-0.2, -0.15) is 0 Å². The number of rotatable bonds is 5. The highest BCUT2D eigenvalue weighted by atomic mass is 19.1. The standard InChI is InChI=1S/C11H12FNO4/c1-2-17-6-9(14)13-8-5-3-4-7(12)10(8)11(15)16/h3-5H,2,6H2,1H3,(H,13,14)(H,15,16). The lowest BCUT2D eigenvalue weighted by Gasteiger charge is -2.08. The third-order valence-corrected chi connectivity index (χ3v) is 1.94. The van der Waals surface area contributed by atoms with E-state index in [0.29, 0.717) is 6.61 Å². The normalized spacial score (nSPS) is 10.0. The number of aromatic carboxylic acids is 1. The van der Waals surface area contributed by atoms with Gasteiger partial charge in [-0.25, -0.2) is 9.18 Å². The summed E-state index contributed by atoms with van der Waals surface area (Å²) in [7, 11) is 0. The minimum Gasteiger partial charge on any atom is -0.478 e. The monoisotopic (exact) mass is 241 g/mol. The van der Waals surface area contributed by atoms with Gasteiger partial charge >= 0.3 is 5.97 Å². The Kier molecular flexibility index (Phi) is 4.59. The first-order chi connectivity index (χ1) is 8.06. The molecule has 0 fully saturated rings. The average molecular weight is 241 g/mol. The van der Waals surface area contributed by atoms with Crippen molar-refractivity contribution in [2.24, 2.45) is 0 Å². The second-order valence-corrected chi connectivity index (χ2v) is 3.15. The zero-order valence-corrected chi connectivity index (χ0v) is 9.20. The molecule has 1 aromatic rings. The summed E-state index contributed by atoms with van der Waals surface area (Å²) >= 11 is 0. The molecular weight excluding hydrogens is 229 g/mol. The highest BCUT2D eigenvalue weighted by Gasteiger charge is 2.16. The fourth-order valence-electron chi connectivity index (χ4n) is 1.23. The maximum Gasteiger partial charge on any atom is 0.340 e. The van der Waals surface area contributed by atoms with Gasteiger partial charge in [-0.3, -0.25) is 4.79 Å². The van der Waals surface area contributed by atoms with Gasteiger partial charge in [0.05, 0.1) is 5.69 Å². The van der Waals surface area contributed by atoms with Crippen molar-refractivity contribution >= 4 is 17.6 Å². The van der Waals surface area contributed by atoms with Crippen LogP contribution in [0.25, 0.3) is 0 Å². The van der Waals surface area contributed by atoms with Crippen LogP contribution in [0.5, 0.6) is 0 Å². The zero-order valence-electron chi connectivity index (χ0n) is 9.20. The molecule has 0 unspecified atom stereocenters. The predicted octanol–water partition coefficient (Wildman–Crippen LogP) is 1.50. The van der Waals surface area contributed by atoms with Gasteiger partial charge in [-0.05, 0) is 19.1 Å². The molecule has 17 heavy (non-hydrogen) atoms. The Bertz CT molecular complexity index is 433. The molecule has 0 bridgehead atoms. The lowest BCUT2D eigenvalue weighted by atomic mass is 10.1. The first-order valence-corrected chi connectivity index (χ1v) is 4.95. The molecule has 1 amide bonds. The smallest absolute Gasteiger partial charge is 0.340 e. The molecule has 1 rings (SSSR count). The van der Waals surface area contributed by atoms with E-state index >= 15 is 0 Å². The van der Waals surface area contributed by atoms with E-state index in [-0.39, 0.29) is 12.3 Å². The van der Waals surface area contributed by atoms with Gasteiger partial charge in [0.2, 0.25) is 5.91 Å². The summed E-state index contributed by atoms with van der Waals surface area (Å²) in [6.45, 7) is 1.88. The summed E-state index contributed by atoms with van der Waals surface area (Å²) in [5, 5.41) is 11.1. The number of carboxylic acids is 1. The van der Waals surface area contributed by atoms with Crippen molar-refractivity contribution in [2.75, 3.05) is 18.5 Å². The van der Waals surface area contributed by atoms with Gasteiger partial charge in [0.1, 0.15) is 18.0 Å². The predicted molar refractivity (Wildman–Crippen MR) is 58.5 cm³/mol. The molecule has 92 valence electrons. The van der Waals surface area contributed by atoms with Crippen molar-refractivity contribution in [1.82, 2.24) is 0 Å². The largest absolute Gasteiger partial charge is 0.478 e. The van der Waals surface area contributed by atoms with E-state index in [2.05, 4.69) is 5.32 Å². The van der Waals surface area contributed by atoms with Crippen LogP contribution in [-0.2, 0) is 9.53 Å². The molecule has 0 spiro atoms. The molecule has 0 saturated heterocycles. The van der Waals surface area contributed by atoms with Gasteiger partial charge in [-0.1, -0.05) is 6.07 Å². The summed E-state index contributed by atoms with van der Waals surface area (Å²) in [6, 6.07) is 3.65.